The molecule has 0 heterocycles. The maximum Gasteiger partial charge on any atom is 0.337 e. The first-order valence-electron chi connectivity index (χ1n) is 4.98. The zero-order valence-electron chi connectivity index (χ0n) is 8.94. The molecule has 0 saturated heterocycles. The van der Waals surface area contributed by atoms with Crippen LogP contribution in [-0.2, 0) is 4.79 Å². The summed E-state index contributed by atoms with van der Waals surface area (Å²) in [5.74, 6) is -2.66. The molecule has 0 bridgehead atoms. The van der Waals surface area contributed by atoms with E-state index in [0.717, 1.165) is 6.07 Å². The van der Waals surface area contributed by atoms with E-state index in [4.69, 9.17) is 10.2 Å². The van der Waals surface area contributed by atoms with Crippen LogP contribution in [0.3, 0.4) is 0 Å². The zero-order valence-corrected chi connectivity index (χ0v) is 8.94. The number of para-hydroxylation sites is 1. The van der Waals surface area contributed by atoms with Crippen LogP contribution in [0.4, 0.5) is 10.1 Å². The fourth-order valence-electron chi connectivity index (χ4n) is 1.27. The maximum atomic E-state index is 13.4. The number of aliphatic hydroxyl groups excluding tert-OH is 1. The predicted octanol–water partition coefficient (Wildman–Crippen LogP) is 1.23. The molecule has 1 aromatic carbocycles. The van der Waals surface area contributed by atoms with Gasteiger partial charge in [-0.15, -0.1) is 0 Å². The highest BCUT2D eigenvalue weighted by atomic mass is 19.1. The monoisotopic (exact) mass is 241 g/mol. The van der Waals surface area contributed by atoms with Gasteiger partial charge < -0.3 is 15.5 Å². The van der Waals surface area contributed by atoms with Crippen LogP contribution in [-0.4, -0.2) is 28.7 Å². The third-order valence-corrected chi connectivity index (χ3v) is 2.07. The minimum Gasteiger partial charge on any atom is -0.478 e. The molecule has 0 radical (unpaired) electrons. The lowest BCUT2D eigenvalue weighted by Gasteiger charge is -2.08. The third-order valence-electron chi connectivity index (χ3n) is 2.07. The average molecular weight is 241 g/mol. The SMILES string of the molecule is O=C(CCCO)Nc1c(F)cccc1C(=O)O. The molecule has 5 nitrogen and oxygen atoms in total. The predicted molar refractivity (Wildman–Crippen MR) is 58.3 cm³/mol. The Kier molecular flexibility index (Phi) is 4.59. The van der Waals surface area contributed by atoms with Crippen molar-refractivity contribution >= 4 is 17.6 Å². The standard InChI is InChI=1S/C11H12FNO4/c12-8-4-1-3-7(11(16)17)10(8)13-9(15)5-2-6-14/h1,3-4,14H,2,5-6H2,(H,13,15)(H,16,17). The molecule has 92 valence electrons. The van der Waals surface area contributed by atoms with Crippen molar-refractivity contribution in [2.45, 2.75) is 12.8 Å². The number of hydrogen-bond acceptors (Lipinski definition) is 3. The summed E-state index contributed by atoms with van der Waals surface area (Å²) in [5, 5.41) is 19.5. The van der Waals surface area contributed by atoms with Gasteiger partial charge in [0, 0.05) is 13.0 Å². The van der Waals surface area contributed by atoms with Crippen LogP contribution in [0.2, 0.25) is 0 Å². The maximum absolute atomic E-state index is 13.4. The van der Waals surface area contributed by atoms with E-state index < -0.39 is 17.7 Å². The second kappa shape index (κ2) is 5.95. The smallest absolute Gasteiger partial charge is 0.337 e. The first-order chi connectivity index (χ1) is 8.06. The average Bonchev–Trinajstić information content (AvgIpc) is 2.28. The Morgan fingerprint density at radius 2 is 2.06 bits per heavy atom. The number of rotatable bonds is 5. The summed E-state index contributed by atoms with van der Waals surface area (Å²) in [6, 6.07) is 3.52. The topological polar surface area (TPSA) is 86.6 Å². The van der Waals surface area contributed by atoms with E-state index in [9.17, 15) is 14.0 Å². The number of nitrogens with one attached hydrogen (secondary N) is 1. The summed E-state index contributed by atoms with van der Waals surface area (Å²) in [5.41, 5.74) is -0.648. The Hall–Kier alpha value is -1.95. The van der Waals surface area contributed by atoms with Crippen molar-refractivity contribution < 1.29 is 24.2 Å². The van der Waals surface area contributed by atoms with Crippen LogP contribution in [0.25, 0.3) is 0 Å². The number of aliphatic hydroxyl groups is 1. The van der Waals surface area contributed by atoms with Crippen LogP contribution in [0, 0.1) is 5.82 Å². The van der Waals surface area contributed by atoms with Crippen molar-refractivity contribution in [1.82, 2.24) is 0 Å². The van der Waals surface area contributed by atoms with Gasteiger partial charge in [-0.1, -0.05) is 6.07 Å². The Bertz CT molecular complexity index is 433. The molecule has 0 fully saturated rings. The van der Waals surface area contributed by atoms with E-state index in [0.29, 0.717) is 0 Å². The fourth-order valence-corrected chi connectivity index (χ4v) is 1.27. The number of aromatic carboxylic acids is 1. The molecule has 0 aliphatic rings. The van der Waals surface area contributed by atoms with E-state index in [1.807, 2.05) is 0 Å². The Balaban J connectivity index is 2.89. The molecule has 0 aromatic heterocycles. The lowest BCUT2D eigenvalue weighted by Crippen LogP contribution is -2.16. The van der Waals surface area contributed by atoms with Crippen molar-refractivity contribution in [1.29, 1.82) is 0 Å². The number of carboxylic acids is 1. The van der Waals surface area contributed by atoms with Crippen molar-refractivity contribution in [2.75, 3.05) is 11.9 Å². The summed E-state index contributed by atoms with van der Waals surface area (Å²) < 4.78 is 13.4. The highest BCUT2D eigenvalue weighted by Crippen LogP contribution is 2.20. The highest BCUT2D eigenvalue weighted by Gasteiger charge is 2.16. The number of anilines is 1. The number of carboxylic acid groups (broad SMARTS) is 1. The first-order valence-corrected chi connectivity index (χ1v) is 4.98. The first kappa shape index (κ1) is 13.1. The number of amides is 1. The van der Waals surface area contributed by atoms with E-state index >= 15 is 0 Å². The summed E-state index contributed by atoms with van der Waals surface area (Å²) in [6.45, 7) is -0.156. The van der Waals surface area contributed by atoms with Crippen molar-refractivity contribution in [3.63, 3.8) is 0 Å². The number of carbonyl (C=O) groups excluding carboxylic acids is 1. The second-order valence-corrected chi connectivity index (χ2v) is 3.34. The molecule has 17 heavy (non-hydrogen) atoms. The number of benzene rings is 1. The van der Waals surface area contributed by atoms with Gasteiger partial charge in [0.2, 0.25) is 5.91 Å². The Morgan fingerprint density at radius 3 is 2.65 bits per heavy atom. The molecular formula is C11H12FNO4. The molecule has 6 heteroatoms. The third kappa shape index (κ3) is 3.53. The summed E-state index contributed by atoms with van der Waals surface area (Å²) in [7, 11) is 0. The van der Waals surface area contributed by atoms with Gasteiger partial charge in [-0.25, -0.2) is 9.18 Å². The molecule has 0 aliphatic heterocycles. The summed E-state index contributed by atoms with van der Waals surface area (Å²) in [4.78, 5) is 22.1. The van der Waals surface area contributed by atoms with Crippen LogP contribution in [0.5, 0.6) is 0 Å². The van der Waals surface area contributed by atoms with E-state index in [1.165, 1.54) is 12.1 Å². The molecule has 1 amide bonds. The summed E-state index contributed by atoms with van der Waals surface area (Å²) >= 11 is 0. The normalized spacial score (nSPS) is 10.0. The highest BCUT2D eigenvalue weighted by molar-refractivity contribution is 6.00. The molecule has 0 saturated carbocycles. The van der Waals surface area contributed by atoms with E-state index in [-0.39, 0.29) is 30.7 Å². The Morgan fingerprint density at radius 1 is 1.35 bits per heavy atom. The molecule has 0 aliphatic carbocycles. The molecule has 0 spiro atoms. The molecule has 0 atom stereocenters. The van der Waals surface area contributed by atoms with Crippen molar-refractivity contribution in [2.24, 2.45) is 0 Å². The van der Waals surface area contributed by atoms with Crippen LogP contribution >= 0.6 is 0 Å². The van der Waals surface area contributed by atoms with Gasteiger partial charge in [0.25, 0.3) is 0 Å². The quantitative estimate of drug-likeness (QED) is 0.723. The van der Waals surface area contributed by atoms with Gasteiger partial charge in [-0.3, -0.25) is 4.79 Å². The van der Waals surface area contributed by atoms with Crippen LogP contribution < -0.4 is 5.32 Å². The summed E-state index contributed by atoms with van der Waals surface area (Å²) in [6.07, 6.45) is 0.243. The van der Waals surface area contributed by atoms with E-state index in [2.05, 4.69) is 5.32 Å². The second-order valence-electron chi connectivity index (χ2n) is 3.34. The number of halogens is 1. The van der Waals surface area contributed by atoms with Crippen molar-refractivity contribution in [3.8, 4) is 0 Å². The number of carbonyl (C=O) groups is 2. The fraction of sp³-hybridized carbons (Fsp3) is 0.273. The minimum absolute atomic E-state index is 0.00386. The van der Waals surface area contributed by atoms with Gasteiger partial charge in [-0.2, -0.15) is 0 Å². The molecule has 1 rings (SSSR count). The van der Waals surface area contributed by atoms with E-state index in [1.54, 1.807) is 0 Å². The van der Waals surface area contributed by atoms with Gasteiger partial charge in [0.05, 0.1) is 11.3 Å². The molecular weight excluding hydrogens is 229 g/mol. The number of hydrogen-bond donors (Lipinski definition) is 3. The lowest BCUT2D eigenvalue weighted by atomic mass is 10.1. The van der Waals surface area contributed by atoms with Gasteiger partial charge >= 0.3 is 5.97 Å². The van der Waals surface area contributed by atoms with Crippen LogP contribution in [0.1, 0.15) is 23.2 Å². The molecule has 0 unspecified atom stereocenters. The van der Waals surface area contributed by atoms with Gasteiger partial charge in [-0.05, 0) is 18.6 Å². The largest absolute Gasteiger partial charge is 0.478 e. The van der Waals surface area contributed by atoms with Gasteiger partial charge in [0.1, 0.15) is 5.82 Å². The van der Waals surface area contributed by atoms with Gasteiger partial charge in [0.15, 0.2) is 0 Å². The minimum atomic E-state index is -1.32. The van der Waals surface area contributed by atoms with Crippen molar-refractivity contribution in [3.05, 3.63) is 29.6 Å². The lowest BCUT2D eigenvalue weighted by molar-refractivity contribution is -0.116. The molecule has 3 N–H and O–H groups in total. The molecule has 1 aromatic rings. The van der Waals surface area contributed by atoms with Crippen LogP contribution in [0.15, 0.2) is 18.2 Å². The Labute approximate surface area is 96.9 Å². The zero-order chi connectivity index (χ0) is 12.8.